The third-order valence-electron chi connectivity index (χ3n) is 15.8. The lowest BCUT2D eigenvalue weighted by Crippen LogP contribution is -2.56. The van der Waals surface area contributed by atoms with E-state index >= 15 is 0 Å². The van der Waals surface area contributed by atoms with Crippen LogP contribution in [-0.4, -0.2) is 47.8 Å². The second-order valence-electron chi connectivity index (χ2n) is 21.5. The zero-order valence-electron chi connectivity index (χ0n) is 31.8. The van der Waals surface area contributed by atoms with Gasteiger partial charge in [-0.1, -0.05) is 69.5 Å². The maximum Gasteiger partial charge on any atom is 0.00196 e. The summed E-state index contributed by atoms with van der Waals surface area (Å²) in [5, 5.41) is 9.05. The topological polar surface area (TPSA) is 24.1 Å². The fourth-order valence-corrected chi connectivity index (χ4v) is 23.3. The van der Waals surface area contributed by atoms with Crippen LogP contribution in [0.3, 0.4) is 0 Å². The molecule has 0 spiro atoms. The van der Waals surface area contributed by atoms with Crippen LogP contribution < -0.4 is 10.6 Å². The highest BCUT2D eigenvalue weighted by molar-refractivity contribution is 7.60. The molecule has 8 saturated carbocycles. The third-order valence-corrected chi connectivity index (χ3v) is 23.3. The van der Waals surface area contributed by atoms with Gasteiger partial charge in [0, 0.05) is 13.1 Å². The quantitative estimate of drug-likeness (QED) is 0.266. The Kier molecular flexibility index (Phi) is 8.65. The van der Waals surface area contributed by atoms with Crippen molar-refractivity contribution < 1.29 is 0 Å². The lowest BCUT2D eigenvalue weighted by atomic mass is 9.55. The molecule has 10 fully saturated rings. The molecular formula is C44H70N2P2. The SMILES string of the molecule is CC(C)(C)c1cc(CP(C2CCNC2)C2CCNC2)c(CP(C23CC4CC(CC(C4)C2)C3)C23CC4CC(CC(C4)C2)C3)cc1C(C)(C)C. The van der Waals surface area contributed by atoms with Gasteiger partial charge in [-0.05, 0) is 206 Å². The molecule has 1 aromatic rings. The minimum absolute atomic E-state index is 0.0382. The van der Waals surface area contributed by atoms with Crippen molar-refractivity contribution in [1.82, 2.24) is 10.6 Å². The molecule has 4 heteroatoms. The van der Waals surface area contributed by atoms with Gasteiger partial charge in [0.25, 0.3) is 0 Å². The maximum atomic E-state index is 3.82. The first-order chi connectivity index (χ1) is 22.9. The number of hydrogen-bond acceptors (Lipinski definition) is 2. The Labute approximate surface area is 297 Å². The van der Waals surface area contributed by atoms with Gasteiger partial charge in [-0.3, -0.25) is 0 Å². The normalized spacial score (nSPS) is 43.0. The molecule has 11 rings (SSSR count). The maximum absolute atomic E-state index is 3.82. The summed E-state index contributed by atoms with van der Waals surface area (Å²) in [6, 6.07) is 5.77. The molecule has 2 nitrogen and oxygen atoms in total. The van der Waals surface area contributed by atoms with Crippen molar-refractivity contribution in [3.63, 3.8) is 0 Å². The summed E-state index contributed by atoms with van der Waals surface area (Å²) in [7, 11) is -0.0885. The van der Waals surface area contributed by atoms with Crippen LogP contribution in [0.25, 0.3) is 0 Å². The highest BCUT2D eigenvalue weighted by Crippen LogP contribution is 2.80. The summed E-state index contributed by atoms with van der Waals surface area (Å²) in [6.45, 7) is 20.1. The molecule has 266 valence electrons. The fourth-order valence-electron chi connectivity index (χ4n) is 14.6. The number of rotatable bonds is 8. The van der Waals surface area contributed by atoms with Gasteiger partial charge in [-0.25, -0.2) is 0 Å². The summed E-state index contributed by atoms with van der Waals surface area (Å²) in [4.78, 5) is 0. The zero-order chi connectivity index (χ0) is 33.1. The molecule has 2 atom stereocenters. The van der Waals surface area contributed by atoms with Crippen LogP contribution in [0, 0.1) is 35.5 Å². The van der Waals surface area contributed by atoms with Gasteiger partial charge in [0.2, 0.25) is 0 Å². The lowest BCUT2D eigenvalue weighted by Gasteiger charge is -2.67. The van der Waals surface area contributed by atoms with E-state index in [9.17, 15) is 0 Å². The van der Waals surface area contributed by atoms with Crippen LogP contribution in [0.5, 0.6) is 0 Å². The number of nitrogens with one attached hydrogen (secondary N) is 2. The summed E-state index contributed by atoms with van der Waals surface area (Å²) < 4.78 is 0. The first-order valence-corrected chi connectivity index (χ1v) is 24.2. The van der Waals surface area contributed by atoms with Crippen molar-refractivity contribution in [3.05, 3.63) is 34.4 Å². The van der Waals surface area contributed by atoms with Crippen molar-refractivity contribution in [2.75, 3.05) is 26.2 Å². The Morgan fingerprint density at radius 1 is 0.562 bits per heavy atom. The Balaban J connectivity index is 1.17. The molecule has 0 radical (unpaired) electrons. The van der Waals surface area contributed by atoms with E-state index in [4.69, 9.17) is 0 Å². The predicted octanol–water partition coefficient (Wildman–Crippen LogP) is 10.9. The van der Waals surface area contributed by atoms with Crippen molar-refractivity contribution in [2.24, 2.45) is 35.5 Å². The van der Waals surface area contributed by atoms with E-state index < -0.39 is 0 Å². The highest BCUT2D eigenvalue weighted by Gasteiger charge is 2.62. The highest BCUT2D eigenvalue weighted by atomic mass is 31.1. The number of hydrogen-bond donors (Lipinski definition) is 2. The van der Waals surface area contributed by atoms with E-state index in [0.717, 1.165) is 46.8 Å². The molecule has 2 N–H and O–H groups in total. The van der Waals surface area contributed by atoms with Crippen LogP contribution in [0.2, 0.25) is 0 Å². The summed E-state index contributed by atoms with van der Waals surface area (Å²) in [5.41, 5.74) is 9.20. The molecule has 1 aromatic carbocycles. The van der Waals surface area contributed by atoms with Crippen LogP contribution in [-0.2, 0) is 23.2 Å². The molecule has 0 aromatic heterocycles. The van der Waals surface area contributed by atoms with E-state index in [-0.39, 0.29) is 26.7 Å². The Bertz CT molecular complexity index is 1220. The first kappa shape index (κ1) is 33.8. The zero-order valence-corrected chi connectivity index (χ0v) is 33.6. The molecule has 0 amide bonds. The Morgan fingerprint density at radius 2 is 0.917 bits per heavy atom. The van der Waals surface area contributed by atoms with Crippen molar-refractivity contribution in [2.45, 2.75) is 176 Å². The first-order valence-electron chi connectivity index (χ1n) is 21.0. The average molecular weight is 689 g/mol. The molecular weight excluding hydrogens is 618 g/mol. The van der Waals surface area contributed by atoms with Gasteiger partial charge in [0.1, 0.15) is 0 Å². The summed E-state index contributed by atoms with van der Waals surface area (Å²) >= 11 is 0. The smallest absolute Gasteiger partial charge is 0.00196 e. The minimum Gasteiger partial charge on any atom is -0.316 e. The molecule has 2 saturated heterocycles. The molecule has 2 unspecified atom stereocenters. The van der Waals surface area contributed by atoms with Gasteiger partial charge in [0.15, 0.2) is 0 Å². The van der Waals surface area contributed by atoms with Crippen LogP contribution >= 0.6 is 15.8 Å². The van der Waals surface area contributed by atoms with Gasteiger partial charge < -0.3 is 10.6 Å². The molecule has 8 aliphatic carbocycles. The van der Waals surface area contributed by atoms with Gasteiger partial charge in [-0.2, -0.15) is 0 Å². The Hall–Kier alpha value is -0.0000000000000000555. The summed E-state index contributed by atoms with van der Waals surface area (Å²) in [6.07, 6.45) is 25.0. The number of benzene rings is 1. The van der Waals surface area contributed by atoms with Crippen LogP contribution in [0.1, 0.15) is 154 Å². The van der Waals surface area contributed by atoms with Crippen molar-refractivity contribution in [1.29, 1.82) is 0 Å². The van der Waals surface area contributed by atoms with Crippen LogP contribution in [0.15, 0.2) is 12.1 Å². The van der Waals surface area contributed by atoms with Gasteiger partial charge in [0.05, 0.1) is 0 Å². The van der Waals surface area contributed by atoms with Gasteiger partial charge >= 0.3 is 0 Å². The molecule has 2 heterocycles. The van der Waals surface area contributed by atoms with E-state index in [2.05, 4.69) is 64.3 Å². The summed E-state index contributed by atoms with van der Waals surface area (Å²) in [5.74, 6) is 6.42. The average Bonchev–Trinajstić information content (AvgIpc) is 3.72. The molecule has 8 bridgehead atoms. The lowest BCUT2D eigenvalue weighted by molar-refractivity contribution is 0.0184. The Morgan fingerprint density at radius 3 is 1.23 bits per heavy atom. The molecule has 2 aliphatic heterocycles. The third kappa shape index (κ3) is 6.06. The minimum atomic E-state index is -0.0503. The van der Waals surface area contributed by atoms with E-state index in [1.807, 2.05) is 11.1 Å². The second-order valence-corrected chi connectivity index (χ2v) is 27.4. The largest absolute Gasteiger partial charge is 0.316 e. The van der Waals surface area contributed by atoms with E-state index in [1.165, 1.54) is 51.3 Å². The predicted molar refractivity (Wildman–Crippen MR) is 209 cm³/mol. The molecule has 48 heavy (non-hydrogen) atoms. The second kappa shape index (κ2) is 12.3. The van der Waals surface area contributed by atoms with E-state index in [0.29, 0.717) is 10.3 Å². The molecule has 10 aliphatic rings. The van der Waals surface area contributed by atoms with Crippen LogP contribution in [0.4, 0.5) is 0 Å². The van der Waals surface area contributed by atoms with Crippen molar-refractivity contribution >= 4 is 15.8 Å². The monoisotopic (exact) mass is 689 g/mol. The van der Waals surface area contributed by atoms with E-state index in [1.54, 1.807) is 88.2 Å². The van der Waals surface area contributed by atoms with Gasteiger partial charge in [-0.15, -0.1) is 0 Å². The standard InChI is InChI=1S/C44H70N2P2/c1-41(2,3)39-17-35(27-47(37-7-9-45-25-37)38-8-10-46-26-38)36(18-40(39)42(4,5)6)28-48(43-19-29-11-30(20-43)13-31(12-29)21-43)44-22-32-14-33(23-44)16-34(15-32)24-44/h17-18,29-34,37-38,45-46H,7-16,19-28H2,1-6H3. The fraction of sp³-hybridized carbons (Fsp3) is 0.864. The van der Waals surface area contributed by atoms with Crippen molar-refractivity contribution in [3.8, 4) is 0 Å².